The number of benzene rings is 3. The van der Waals surface area contributed by atoms with Gasteiger partial charge in [0.25, 0.3) is 11.7 Å². The standard InChI is InChI=1S/C27H24ClNO5/c1-4-34-22-15-18(10-13-21(22)33-3)24-23(25(30)17-8-11-19(28)12-9-17)26(31)27(32)29(24)20-7-5-6-16(2)14-20/h5-15,24,30H,4H2,1-3H3/b25-23-. The number of methoxy groups -OCH3 is 1. The molecule has 1 aliphatic rings. The lowest BCUT2D eigenvalue weighted by atomic mass is 9.94. The van der Waals surface area contributed by atoms with Crippen LogP contribution in [0.25, 0.3) is 5.76 Å². The van der Waals surface area contributed by atoms with Crippen LogP contribution in [0.2, 0.25) is 5.02 Å². The molecule has 1 N–H and O–H groups in total. The molecule has 0 radical (unpaired) electrons. The van der Waals surface area contributed by atoms with Gasteiger partial charge >= 0.3 is 0 Å². The van der Waals surface area contributed by atoms with Crippen molar-refractivity contribution in [2.24, 2.45) is 0 Å². The lowest BCUT2D eigenvalue weighted by Crippen LogP contribution is -2.29. The molecule has 0 bridgehead atoms. The van der Waals surface area contributed by atoms with Crippen LogP contribution in [0.5, 0.6) is 11.5 Å². The van der Waals surface area contributed by atoms with Crippen molar-refractivity contribution in [1.82, 2.24) is 0 Å². The van der Waals surface area contributed by atoms with Crippen LogP contribution >= 0.6 is 11.6 Å². The second kappa shape index (κ2) is 9.61. The number of ketones is 1. The number of carbonyl (C=O) groups excluding carboxylic acids is 2. The molecular formula is C27H24ClNO5. The fraction of sp³-hybridized carbons (Fsp3) is 0.185. The van der Waals surface area contributed by atoms with E-state index in [1.165, 1.54) is 12.0 Å². The fourth-order valence-electron chi connectivity index (χ4n) is 4.09. The van der Waals surface area contributed by atoms with E-state index in [9.17, 15) is 14.7 Å². The molecule has 1 unspecified atom stereocenters. The van der Waals surface area contributed by atoms with E-state index in [0.717, 1.165) is 5.56 Å². The fourth-order valence-corrected chi connectivity index (χ4v) is 4.21. The van der Waals surface area contributed by atoms with Gasteiger partial charge in [-0.2, -0.15) is 0 Å². The molecule has 0 aromatic heterocycles. The van der Waals surface area contributed by atoms with Crippen molar-refractivity contribution in [3.63, 3.8) is 0 Å². The van der Waals surface area contributed by atoms with Crippen molar-refractivity contribution in [2.45, 2.75) is 19.9 Å². The second-order valence-corrected chi connectivity index (χ2v) is 8.29. The van der Waals surface area contributed by atoms with Crippen molar-refractivity contribution in [3.05, 3.63) is 94.0 Å². The van der Waals surface area contributed by atoms with Gasteiger partial charge in [-0.1, -0.05) is 29.8 Å². The first-order chi connectivity index (χ1) is 16.3. The normalized spacial score (nSPS) is 17.2. The van der Waals surface area contributed by atoms with Gasteiger partial charge in [0, 0.05) is 16.3 Å². The van der Waals surface area contributed by atoms with Gasteiger partial charge in [0.05, 0.1) is 25.3 Å². The number of Topliss-reactive ketones (excluding diaryl/α,β-unsaturated/α-hetero) is 1. The molecule has 3 aromatic carbocycles. The zero-order valence-corrected chi connectivity index (χ0v) is 19.8. The summed E-state index contributed by atoms with van der Waals surface area (Å²) in [7, 11) is 1.54. The van der Waals surface area contributed by atoms with Gasteiger partial charge in [-0.3, -0.25) is 14.5 Å². The lowest BCUT2D eigenvalue weighted by Gasteiger charge is -2.26. The Morgan fingerprint density at radius 3 is 2.41 bits per heavy atom. The zero-order chi connectivity index (χ0) is 24.4. The number of aliphatic hydroxyl groups is 1. The Morgan fingerprint density at radius 2 is 1.76 bits per heavy atom. The van der Waals surface area contributed by atoms with E-state index in [4.69, 9.17) is 21.1 Å². The minimum atomic E-state index is -0.873. The van der Waals surface area contributed by atoms with Crippen molar-refractivity contribution in [3.8, 4) is 11.5 Å². The summed E-state index contributed by atoms with van der Waals surface area (Å²) in [5.41, 5.74) is 2.45. The number of halogens is 1. The van der Waals surface area contributed by atoms with E-state index in [0.29, 0.717) is 39.9 Å². The van der Waals surface area contributed by atoms with Crippen LogP contribution in [-0.2, 0) is 9.59 Å². The van der Waals surface area contributed by atoms with Crippen LogP contribution in [0.15, 0.2) is 72.3 Å². The Kier molecular flexibility index (Phi) is 6.61. The number of ether oxygens (including phenoxy) is 2. The second-order valence-electron chi connectivity index (χ2n) is 7.86. The van der Waals surface area contributed by atoms with Crippen molar-refractivity contribution in [1.29, 1.82) is 0 Å². The maximum atomic E-state index is 13.3. The van der Waals surface area contributed by atoms with Crippen molar-refractivity contribution < 1.29 is 24.2 Å². The summed E-state index contributed by atoms with van der Waals surface area (Å²) < 4.78 is 11.1. The molecule has 3 aromatic rings. The van der Waals surface area contributed by atoms with Crippen LogP contribution in [0, 0.1) is 6.92 Å². The maximum absolute atomic E-state index is 13.3. The van der Waals surface area contributed by atoms with Crippen molar-refractivity contribution in [2.75, 3.05) is 18.6 Å². The van der Waals surface area contributed by atoms with Gasteiger partial charge in [-0.25, -0.2) is 0 Å². The Bertz CT molecular complexity index is 1280. The summed E-state index contributed by atoms with van der Waals surface area (Å²) in [6, 6.07) is 18.1. The molecule has 0 saturated carbocycles. The van der Waals surface area contributed by atoms with Crippen LogP contribution in [-0.4, -0.2) is 30.5 Å². The third-order valence-electron chi connectivity index (χ3n) is 5.65. The summed E-state index contributed by atoms with van der Waals surface area (Å²) in [4.78, 5) is 28.0. The molecule has 1 saturated heterocycles. The topological polar surface area (TPSA) is 76.1 Å². The molecule has 6 nitrogen and oxygen atoms in total. The third-order valence-corrected chi connectivity index (χ3v) is 5.90. The molecule has 174 valence electrons. The lowest BCUT2D eigenvalue weighted by molar-refractivity contribution is -0.132. The van der Waals surface area contributed by atoms with Crippen molar-refractivity contribution >= 4 is 34.7 Å². The highest BCUT2D eigenvalue weighted by molar-refractivity contribution is 6.51. The summed E-state index contributed by atoms with van der Waals surface area (Å²) in [5.74, 6) is -0.767. The molecule has 1 fully saturated rings. The number of carbonyl (C=O) groups is 2. The number of anilines is 1. The third kappa shape index (κ3) is 4.24. The first-order valence-electron chi connectivity index (χ1n) is 10.8. The van der Waals surface area contributed by atoms with Gasteiger partial charge in [0.1, 0.15) is 5.76 Å². The molecule has 34 heavy (non-hydrogen) atoms. The largest absolute Gasteiger partial charge is 0.507 e. The quantitative estimate of drug-likeness (QED) is 0.281. The monoisotopic (exact) mass is 477 g/mol. The number of aliphatic hydroxyl groups excluding tert-OH is 1. The van der Waals surface area contributed by atoms with Gasteiger partial charge < -0.3 is 14.6 Å². The summed E-state index contributed by atoms with van der Waals surface area (Å²) >= 11 is 5.99. The Balaban J connectivity index is 1.96. The van der Waals surface area contributed by atoms with E-state index in [-0.39, 0.29) is 11.3 Å². The van der Waals surface area contributed by atoms with E-state index >= 15 is 0 Å². The average Bonchev–Trinajstić information content (AvgIpc) is 3.09. The molecule has 1 atom stereocenters. The molecule has 1 amide bonds. The number of amides is 1. The number of hydrogen-bond donors (Lipinski definition) is 1. The Labute approximate surface area is 203 Å². The molecule has 4 rings (SSSR count). The smallest absolute Gasteiger partial charge is 0.300 e. The molecule has 0 aliphatic carbocycles. The number of rotatable bonds is 6. The first-order valence-corrected chi connectivity index (χ1v) is 11.2. The van der Waals surface area contributed by atoms with E-state index in [1.807, 2.05) is 32.0 Å². The highest BCUT2D eigenvalue weighted by Crippen LogP contribution is 2.44. The summed E-state index contributed by atoms with van der Waals surface area (Å²) in [6.45, 7) is 4.16. The van der Waals surface area contributed by atoms with Gasteiger partial charge in [-0.05, 0) is 73.5 Å². The summed E-state index contributed by atoms with van der Waals surface area (Å²) in [5, 5.41) is 11.7. The van der Waals surface area contributed by atoms with Crippen LogP contribution in [0.1, 0.15) is 29.7 Å². The molecule has 0 spiro atoms. The minimum absolute atomic E-state index is 0.0126. The van der Waals surface area contributed by atoms with Gasteiger partial charge in [0.15, 0.2) is 11.5 Å². The number of nitrogens with zero attached hydrogens (tertiary/aromatic N) is 1. The minimum Gasteiger partial charge on any atom is -0.507 e. The van der Waals surface area contributed by atoms with Gasteiger partial charge in [0.2, 0.25) is 0 Å². The van der Waals surface area contributed by atoms with Crippen LogP contribution < -0.4 is 14.4 Å². The first kappa shape index (κ1) is 23.4. The molecule has 1 heterocycles. The Hall–Kier alpha value is -3.77. The SMILES string of the molecule is CCOc1cc(C2/C(=C(/O)c3ccc(Cl)cc3)C(=O)C(=O)N2c2cccc(C)c2)ccc1OC. The molecule has 1 aliphatic heterocycles. The molecule has 7 heteroatoms. The van der Waals surface area contributed by atoms with Gasteiger partial charge in [-0.15, -0.1) is 0 Å². The predicted molar refractivity (Wildman–Crippen MR) is 132 cm³/mol. The highest BCUT2D eigenvalue weighted by Gasteiger charge is 2.47. The maximum Gasteiger partial charge on any atom is 0.300 e. The number of aryl methyl sites for hydroxylation is 1. The predicted octanol–water partition coefficient (Wildman–Crippen LogP) is 5.68. The summed E-state index contributed by atoms with van der Waals surface area (Å²) in [6.07, 6.45) is 0. The highest BCUT2D eigenvalue weighted by atomic mass is 35.5. The van der Waals surface area contributed by atoms with E-state index < -0.39 is 17.7 Å². The zero-order valence-electron chi connectivity index (χ0n) is 19.0. The van der Waals surface area contributed by atoms with E-state index in [2.05, 4.69) is 0 Å². The van der Waals surface area contributed by atoms with Crippen LogP contribution in [0.4, 0.5) is 5.69 Å². The average molecular weight is 478 g/mol. The number of hydrogen-bond acceptors (Lipinski definition) is 5. The van der Waals surface area contributed by atoms with E-state index in [1.54, 1.807) is 48.5 Å². The molecular weight excluding hydrogens is 454 g/mol. The van der Waals surface area contributed by atoms with Crippen LogP contribution in [0.3, 0.4) is 0 Å². The Morgan fingerprint density at radius 1 is 1.03 bits per heavy atom.